The molecule has 8 rings (SSSR count). The Morgan fingerprint density at radius 1 is 0.825 bits per heavy atom. The number of nitrogens with zero attached hydrogens (tertiary/aromatic N) is 5. The van der Waals surface area contributed by atoms with Gasteiger partial charge < -0.3 is 29.7 Å². The molecule has 1 aromatic heterocycles. The third kappa shape index (κ3) is 8.48. The number of halogens is 1. The van der Waals surface area contributed by atoms with Crippen LogP contribution in [0.2, 0.25) is 0 Å². The van der Waals surface area contributed by atoms with Crippen molar-refractivity contribution in [3.8, 4) is 11.8 Å². The van der Waals surface area contributed by atoms with Gasteiger partial charge in [0.25, 0.3) is 17.4 Å². The molecule has 0 bridgehead atoms. The number of rotatable bonds is 10. The molecule has 1 atom stereocenters. The number of carbonyl (C=O) groups excluding carboxylic acids is 4. The maximum Gasteiger partial charge on any atom is 0.254 e. The fraction of sp³-hybridized carbons (Fsp3) is 0.458. The van der Waals surface area contributed by atoms with Crippen molar-refractivity contribution >= 4 is 45.9 Å². The van der Waals surface area contributed by atoms with Crippen molar-refractivity contribution in [1.82, 2.24) is 25.4 Å². The minimum absolute atomic E-state index is 0.121. The number of anilines is 2. The van der Waals surface area contributed by atoms with E-state index in [1.54, 1.807) is 31.3 Å². The van der Waals surface area contributed by atoms with Gasteiger partial charge in [-0.2, -0.15) is 5.26 Å². The summed E-state index contributed by atoms with van der Waals surface area (Å²) in [5.41, 5.74) is 2.14. The first kappa shape index (κ1) is 43.4. The molecule has 0 spiro atoms. The van der Waals surface area contributed by atoms with Crippen LogP contribution in [0.3, 0.4) is 0 Å². The first-order chi connectivity index (χ1) is 30.0. The van der Waals surface area contributed by atoms with Gasteiger partial charge >= 0.3 is 0 Å². The molecule has 3 aromatic carbocycles. The number of amides is 4. The maximum absolute atomic E-state index is 15.1. The van der Waals surface area contributed by atoms with Crippen LogP contribution >= 0.6 is 0 Å². The molecule has 4 fully saturated rings. The van der Waals surface area contributed by atoms with Crippen LogP contribution in [0.15, 0.2) is 71.5 Å². The van der Waals surface area contributed by atoms with Gasteiger partial charge in [0.2, 0.25) is 11.8 Å². The lowest BCUT2D eigenvalue weighted by Gasteiger charge is -2.63. The number of pyridine rings is 1. The summed E-state index contributed by atoms with van der Waals surface area (Å²) in [5.74, 6) is -1.29. The van der Waals surface area contributed by atoms with Crippen LogP contribution in [0.5, 0.6) is 5.75 Å². The largest absolute Gasteiger partial charge is 0.488 e. The molecule has 15 heteroatoms. The zero-order chi connectivity index (χ0) is 44.8. The Hall–Kier alpha value is -6.27. The summed E-state index contributed by atoms with van der Waals surface area (Å²) in [6, 6.07) is 20.2. The summed E-state index contributed by atoms with van der Waals surface area (Å²) in [4.78, 5) is 69.2. The molecule has 0 radical (unpaired) electrons. The Kier molecular flexibility index (Phi) is 11.8. The molecule has 330 valence electrons. The van der Waals surface area contributed by atoms with Crippen molar-refractivity contribution in [2.24, 2.45) is 23.8 Å². The summed E-state index contributed by atoms with van der Waals surface area (Å²) < 4.78 is 23.3. The van der Waals surface area contributed by atoms with E-state index in [0.29, 0.717) is 39.4 Å². The van der Waals surface area contributed by atoms with E-state index in [1.165, 1.54) is 22.8 Å². The van der Waals surface area contributed by atoms with Crippen LogP contribution in [0.25, 0.3) is 10.9 Å². The number of nitriles is 1. The van der Waals surface area contributed by atoms with Gasteiger partial charge in [-0.15, -0.1) is 0 Å². The number of imide groups is 1. The van der Waals surface area contributed by atoms with E-state index >= 15 is 4.39 Å². The van der Waals surface area contributed by atoms with Crippen LogP contribution in [0, 0.1) is 33.9 Å². The SMILES string of the molecule is Cn1c(=O)ccc2c(OC3C(C)(C)C(NC(=O)c4ccc(N5CCC(CN6CCN(c7ccc(C(=O)N[C@H]8CCC(=O)NC8=O)c(F)c7)CC6)CC5)cc4)C3(C)C)ccc(C#N)c21. The highest BCUT2D eigenvalue weighted by Gasteiger charge is 2.64. The molecule has 1 aliphatic carbocycles. The molecule has 0 unspecified atom stereocenters. The molecule has 4 amide bonds. The summed E-state index contributed by atoms with van der Waals surface area (Å²) in [6.45, 7) is 14.4. The highest BCUT2D eigenvalue weighted by atomic mass is 19.1. The summed E-state index contributed by atoms with van der Waals surface area (Å²) in [5, 5.41) is 18.4. The molecule has 4 aliphatic rings. The van der Waals surface area contributed by atoms with Gasteiger partial charge in [0, 0.05) is 105 Å². The average molecular weight is 859 g/mol. The number of aromatic nitrogens is 1. The average Bonchev–Trinajstić information content (AvgIpc) is 3.27. The standard InChI is InChI=1S/C48H55FN8O6/c1-47(2)45(48(3,4)46(47)63-38-15-8-31(27-50)41-35(38)13-17-40(59)54(41)5)53-42(60)30-6-9-32(10-7-30)56-20-18-29(19-21-56)28-55-22-24-57(25-23-55)33-11-12-34(36(49)26-33)43(61)51-37-14-16-39(58)52-44(37)62/h6-13,15,17,26,29,37,45-46H,14,16,18-25,28H2,1-5H3,(H,51,61)(H,53,60)(H,52,58,62)/t37-,45?,46?/m0/s1. The van der Waals surface area contributed by atoms with E-state index < -0.39 is 34.5 Å². The molecule has 4 heterocycles. The molecule has 4 aromatic rings. The Labute approximate surface area is 366 Å². The number of piperazine rings is 1. The normalized spacial score (nSPS) is 22.5. The fourth-order valence-corrected chi connectivity index (χ4v) is 10.5. The molecule has 3 aliphatic heterocycles. The lowest BCUT2D eigenvalue weighted by molar-refractivity contribution is -0.163. The first-order valence-electron chi connectivity index (χ1n) is 21.8. The van der Waals surface area contributed by atoms with Crippen LogP contribution in [-0.4, -0.2) is 97.1 Å². The van der Waals surface area contributed by atoms with E-state index in [0.717, 1.165) is 64.3 Å². The van der Waals surface area contributed by atoms with Crippen LogP contribution in [0.1, 0.15) is 79.7 Å². The summed E-state index contributed by atoms with van der Waals surface area (Å²) >= 11 is 0. The molecule has 14 nitrogen and oxygen atoms in total. The topological polar surface area (TPSA) is 169 Å². The summed E-state index contributed by atoms with van der Waals surface area (Å²) in [6.07, 6.45) is 2.16. The Balaban J connectivity index is 0.792. The third-order valence-electron chi connectivity index (χ3n) is 13.8. The molecular weight excluding hydrogens is 804 g/mol. The van der Waals surface area contributed by atoms with Gasteiger partial charge in [-0.05, 0) is 85.8 Å². The monoisotopic (exact) mass is 858 g/mol. The summed E-state index contributed by atoms with van der Waals surface area (Å²) in [7, 11) is 1.65. The molecule has 3 saturated heterocycles. The smallest absolute Gasteiger partial charge is 0.254 e. The number of carbonyl (C=O) groups is 4. The lowest BCUT2D eigenvalue weighted by Crippen LogP contribution is -2.74. The number of piperidine rings is 2. The van der Waals surface area contributed by atoms with Gasteiger partial charge in [0.05, 0.1) is 16.6 Å². The first-order valence-corrected chi connectivity index (χ1v) is 21.8. The van der Waals surface area contributed by atoms with Crippen molar-refractivity contribution in [3.05, 3.63) is 99.6 Å². The highest BCUT2D eigenvalue weighted by molar-refractivity contribution is 6.04. The van der Waals surface area contributed by atoms with Gasteiger partial charge in [-0.1, -0.05) is 27.7 Å². The number of hydrogen-bond donors (Lipinski definition) is 3. The molecule has 1 saturated carbocycles. The van der Waals surface area contributed by atoms with Crippen molar-refractivity contribution in [2.75, 3.05) is 55.6 Å². The van der Waals surface area contributed by atoms with Gasteiger partial charge in [-0.3, -0.25) is 34.2 Å². The quantitative estimate of drug-likeness (QED) is 0.190. The predicted octanol–water partition coefficient (Wildman–Crippen LogP) is 4.73. The van der Waals surface area contributed by atoms with Gasteiger partial charge in [-0.25, -0.2) is 4.39 Å². The highest BCUT2D eigenvalue weighted by Crippen LogP contribution is 2.56. The maximum atomic E-state index is 15.1. The lowest BCUT2D eigenvalue weighted by atomic mass is 9.49. The fourth-order valence-electron chi connectivity index (χ4n) is 10.5. The third-order valence-corrected chi connectivity index (χ3v) is 13.8. The second kappa shape index (κ2) is 17.1. The van der Waals surface area contributed by atoms with E-state index in [-0.39, 0.29) is 47.9 Å². The van der Waals surface area contributed by atoms with Crippen LogP contribution in [0.4, 0.5) is 15.8 Å². The number of nitrogens with one attached hydrogen (secondary N) is 3. The van der Waals surface area contributed by atoms with Crippen molar-refractivity contribution in [1.29, 1.82) is 5.26 Å². The van der Waals surface area contributed by atoms with Gasteiger partial charge in [0.15, 0.2) is 0 Å². The second-order valence-electron chi connectivity index (χ2n) is 18.7. The van der Waals surface area contributed by atoms with Crippen molar-refractivity contribution in [3.63, 3.8) is 0 Å². The van der Waals surface area contributed by atoms with Crippen LogP contribution in [-0.2, 0) is 16.6 Å². The number of benzene rings is 3. The Morgan fingerprint density at radius 3 is 2.14 bits per heavy atom. The number of hydrogen-bond acceptors (Lipinski definition) is 10. The minimum atomic E-state index is -0.870. The van der Waals surface area contributed by atoms with Crippen molar-refractivity contribution < 1.29 is 28.3 Å². The van der Waals surface area contributed by atoms with E-state index in [1.807, 2.05) is 24.3 Å². The van der Waals surface area contributed by atoms with Crippen molar-refractivity contribution in [2.45, 2.75) is 71.6 Å². The Morgan fingerprint density at radius 2 is 1.49 bits per heavy atom. The molecule has 3 N–H and O–H groups in total. The zero-order valence-electron chi connectivity index (χ0n) is 36.5. The molecular formula is C48H55FN8O6. The number of aryl methyl sites for hydroxylation is 1. The molecule has 63 heavy (non-hydrogen) atoms. The Bertz CT molecular complexity index is 2530. The van der Waals surface area contributed by atoms with Gasteiger partial charge in [0.1, 0.15) is 29.8 Å². The zero-order valence-corrected chi connectivity index (χ0v) is 36.5. The second-order valence-corrected chi connectivity index (χ2v) is 18.7. The number of fused-ring (bicyclic) bond motifs is 1. The minimum Gasteiger partial charge on any atom is -0.488 e. The van der Waals surface area contributed by atoms with Crippen LogP contribution < -0.4 is 36.0 Å². The number of ether oxygens (including phenoxy) is 1. The van der Waals surface area contributed by atoms with E-state index in [2.05, 4.69) is 64.4 Å². The predicted molar refractivity (Wildman–Crippen MR) is 237 cm³/mol. The van der Waals surface area contributed by atoms with E-state index in [4.69, 9.17) is 4.74 Å². The van der Waals surface area contributed by atoms with E-state index in [9.17, 15) is 29.2 Å².